The van der Waals surface area contributed by atoms with Crippen molar-refractivity contribution in [3.63, 3.8) is 0 Å². The van der Waals surface area contributed by atoms with Gasteiger partial charge in [0.2, 0.25) is 18.9 Å². The Morgan fingerprint density at radius 1 is 0.290 bits per heavy atom. The van der Waals surface area contributed by atoms with Crippen LogP contribution in [0, 0.1) is 20.8 Å². The molecule has 25 atom stereocenters. The Morgan fingerprint density at radius 2 is 0.565 bits per heavy atom. The van der Waals surface area contributed by atoms with Crippen molar-refractivity contribution < 1.29 is 153 Å². The molecule has 686 valence electrons. The van der Waals surface area contributed by atoms with Crippen LogP contribution in [0.5, 0.6) is 34.5 Å². The summed E-state index contributed by atoms with van der Waals surface area (Å²) < 4.78 is 78.7. The number of fused-ring (bicyclic) bond motifs is 9. The molecule has 31 heteroatoms. The van der Waals surface area contributed by atoms with Crippen molar-refractivity contribution in [3.8, 4) is 67.9 Å². The smallest absolute Gasteiger partial charge is 0.229 e. The Balaban J connectivity index is 0.000000172. The van der Waals surface area contributed by atoms with Crippen molar-refractivity contribution in [2.75, 3.05) is 33.0 Å². The first-order valence-electron chi connectivity index (χ1n) is 43.3. The lowest BCUT2D eigenvalue weighted by Gasteiger charge is -2.46. The first-order chi connectivity index (χ1) is 58.9. The van der Waals surface area contributed by atoms with E-state index in [1.165, 1.54) is 0 Å². The summed E-state index contributed by atoms with van der Waals surface area (Å²) in [5.74, 6) is 3.09. The minimum absolute atomic E-state index is 0.356. The van der Waals surface area contributed by atoms with Crippen LogP contribution in [0.25, 0.3) is 33.4 Å². The van der Waals surface area contributed by atoms with Gasteiger partial charge in [0, 0.05) is 16.7 Å². The van der Waals surface area contributed by atoms with Crippen LogP contribution in [-0.2, 0) is 69.2 Å². The van der Waals surface area contributed by atoms with Gasteiger partial charge in [0.25, 0.3) is 0 Å². The van der Waals surface area contributed by atoms with Crippen molar-refractivity contribution in [1.82, 2.24) is 0 Å². The number of benzene rings is 6. The molecule has 0 aromatic heterocycles. The third-order valence-electron chi connectivity index (χ3n) is 24.5. The van der Waals surface area contributed by atoms with E-state index in [2.05, 4.69) is 39.0 Å². The average molecular weight is 1740 g/mol. The predicted octanol–water partition coefficient (Wildman–Crippen LogP) is 5.25. The number of hydrogen-bond donors (Lipinski definition) is 18. The van der Waals surface area contributed by atoms with Gasteiger partial charge in [-0.3, -0.25) is 0 Å². The van der Waals surface area contributed by atoms with E-state index < -0.39 is 203 Å². The van der Waals surface area contributed by atoms with Crippen molar-refractivity contribution in [2.45, 2.75) is 330 Å². The molecule has 14 rings (SSSR count). The highest BCUT2D eigenvalue weighted by Gasteiger charge is 2.55. The summed E-state index contributed by atoms with van der Waals surface area (Å²) in [5, 5.41) is 186. The molecule has 18 N–H and O–H groups in total. The molecule has 0 saturated carbocycles. The fraction of sp³-hybridized carbons (Fsp3) is 0.613. The van der Waals surface area contributed by atoms with Crippen LogP contribution in [0.1, 0.15) is 170 Å². The van der Waals surface area contributed by atoms with E-state index in [9.17, 15) is 91.9 Å². The Kier molecular flexibility index (Phi) is 31.7. The first kappa shape index (κ1) is 96.2. The minimum Gasteiger partial charge on any atom is -0.482 e. The molecule has 8 aliphatic heterocycles. The fourth-order valence-corrected chi connectivity index (χ4v) is 17.4. The number of aliphatic hydroxyl groups excluding tert-OH is 18. The normalized spacial score (nSPS) is 32.2. The van der Waals surface area contributed by atoms with Crippen molar-refractivity contribution in [3.05, 3.63) is 141 Å². The zero-order chi connectivity index (χ0) is 89.9. The van der Waals surface area contributed by atoms with Crippen LogP contribution < -0.4 is 28.4 Å². The maximum Gasteiger partial charge on any atom is 0.229 e. The summed E-state index contributed by atoms with van der Waals surface area (Å²) in [6.07, 6.45) is -26.2. The molecule has 6 aromatic rings. The summed E-state index contributed by atoms with van der Waals surface area (Å²) in [4.78, 5) is 0. The van der Waals surface area contributed by atoms with Crippen LogP contribution in [0.15, 0.2) is 91.0 Å². The van der Waals surface area contributed by atoms with Gasteiger partial charge in [-0.25, -0.2) is 0 Å². The van der Waals surface area contributed by atoms with Crippen LogP contribution in [0.2, 0.25) is 0 Å². The molecular formula is C93H128O31. The molecule has 8 heterocycles. The summed E-state index contributed by atoms with van der Waals surface area (Å²) >= 11 is 0. The molecule has 0 aliphatic carbocycles. The van der Waals surface area contributed by atoms with Crippen molar-refractivity contribution >= 4 is 0 Å². The van der Waals surface area contributed by atoms with Crippen molar-refractivity contribution in [1.29, 1.82) is 0 Å². The van der Waals surface area contributed by atoms with Gasteiger partial charge in [0.1, 0.15) is 167 Å². The van der Waals surface area contributed by atoms with Crippen LogP contribution in [0.3, 0.4) is 0 Å². The SMILES string of the molecule is CCCCCc1cc(O[C@@H]2O[C@H](CO)[C@@H](O)[C@H](O)[C@H]2O)c2c(c1)OC(C)(C)c1ccc(C)cc1-2.CCCCCc1cc(O[C@@H]2O[C@H](CO)[C@@H](O)[C@H](O)[C@H]2O[C@@H]2O[C@H](CO)[C@@H](O)[C@H](O)[C@H]2O)c2c(c1)OC(C)(C)c1ccc(C)cc1-2.CCCCCc1cc(O[C@@H]2O[C@H](CO)[C@@H](O)[C@H](O[C@@H]3O[C@H](CO)[C@@H](O)[C@H](O)[C@H]3O)[C@H]2O)c2c(c1)OC(C)(C)c1ccc(C)cc1-2. The maximum atomic E-state index is 11.5. The Bertz CT molecular complexity index is 4530. The summed E-state index contributed by atoms with van der Waals surface area (Å²) in [7, 11) is 0. The average Bonchev–Trinajstić information content (AvgIpc) is 0.742. The van der Waals surface area contributed by atoms with Crippen LogP contribution >= 0.6 is 0 Å². The standard InChI is InChI=1S/2C33H46O12.C27H36O7/c1-5-6-7-8-17-12-20(24-18-11-16(2)9-10-19(18)33(3,4)45-21(24)13-17)41-32-29(40)30(26(37)23(15-35)43-32)44-31-28(39)27(38)25(36)22(14-34)42-31;1-5-6-7-8-17-12-20(24-18-11-16(2)9-10-19(18)33(3,4)45-21(24)13-17)41-32-30(28(39)26(37)23(15-35)43-32)44-31-29(40)27(38)25(36)22(14-34)42-31;1-5-6-7-8-16-12-19(32-26-25(31)24(30)23(29)21(14-28)33-26)22-17-11-15(2)9-10-18(17)27(3,4)34-20(22)13-16/h2*9-13,22-23,25-32,34-40H,5-8,14-15H2,1-4H3;9-13,21,23-26,28-31H,5-8,14H2,1-4H3/t22-,23-,25-,26-,27+,28-,29-,30+,31+,32-;22-,23-,25-,26-,27+,28+,29-,30-,31+,32-;21-,23-,24+,25-,26-/m111/s1. The highest BCUT2D eigenvalue weighted by molar-refractivity contribution is 5.85. The third-order valence-corrected chi connectivity index (χ3v) is 24.5. The predicted molar refractivity (Wildman–Crippen MR) is 449 cm³/mol. The zero-order valence-corrected chi connectivity index (χ0v) is 72.5. The van der Waals surface area contributed by atoms with E-state index in [1.807, 2.05) is 135 Å². The van der Waals surface area contributed by atoms with E-state index in [0.717, 1.165) is 149 Å². The second kappa shape index (κ2) is 40.8. The highest BCUT2D eigenvalue weighted by Crippen LogP contribution is 2.55. The topological polar surface area (TPSA) is 484 Å². The van der Waals surface area contributed by atoms with E-state index in [0.29, 0.717) is 45.6 Å². The number of ether oxygens (including phenoxy) is 13. The summed E-state index contributed by atoms with van der Waals surface area (Å²) in [6, 6.07) is 30.1. The molecule has 0 spiro atoms. The number of aliphatic hydroxyl groups is 18. The Morgan fingerprint density at radius 3 is 0.887 bits per heavy atom. The van der Waals surface area contributed by atoms with Crippen LogP contribution in [0.4, 0.5) is 0 Å². The number of aryl methyl sites for hydroxylation is 6. The van der Waals surface area contributed by atoms with E-state index in [4.69, 9.17) is 61.6 Å². The first-order valence-corrected chi connectivity index (χ1v) is 43.3. The molecule has 5 fully saturated rings. The van der Waals surface area contributed by atoms with Gasteiger partial charge >= 0.3 is 0 Å². The Labute approximate surface area is 722 Å². The third kappa shape index (κ3) is 20.5. The summed E-state index contributed by atoms with van der Waals surface area (Å²) in [5.41, 5.74) is 12.0. The van der Waals surface area contributed by atoms with Crippen LogP contribution in [-0.4, -0.2) is 278 Å². The lowest BCUT2D eigenvalue weighted by molar-refractivity contribution is -0.357. The van der Waals surface area contributed by atoms with Gasteiger partial charge in [-0.15, -0.1) is 0 Å². The number of hydrogen-bond acceptors (Lipinski definition) is 31. The molecular weight excluding hydrogens is 1610 g/mol. The molecule has 6 aromatic carbocycles. The second-order valence-corrected chi connectivity index (χ2v) is 35.3. The molecule has 124 heavy (non-hydrogen) atoms. The molecule has 31 nitrogen and oxygen atoms in total. The highest BCUT2D eigenvalue weighted by atomic mass is 16.8. The molecule has 5 saturated heterocycles. The monoisotopic (exact) mass is 1740 g/mol. The van der Waals surface area contributed by atoms with Gasteiger partial charge in [0.05, 0.1) is 49.7 Å². The molecule has 0 radical (unpaired) electrons. The zero-order valence-electron chi connectivity index (χ0n) is 72.5. The second-order valence-electron chi connectivity index (χ2n) is 35.3. The van der Waals surface area contributed by atoms with Gasteiger partial charge in [0.15, 0.2) is 18.7 Å². The molecule has 0 unspecified atom stereocenters. The van der Waals surface area contributed by atoms with Gasteiger partial charge in [-0.2, -0.15) is 0 Å². The fourth-order valence-electron chi connectivity index (χ4n) is 17.4. The number of rotatable bonds is 27. The largest absolute Gasteiger partial charge is 0.482 e. The quantitative estimate of drug-likeness (QED) is 0.0293. The lowest BCUT2D eigenvalue weighted by Crippen LogP contribution is -2.65. The van der Waals surface area contributed by atoms with Crippen molar-refractivity contribution in [2.24, 2.45) is 0 Å². The summed E-state index contributed by atoms with van der Waals surface area (Å²) in [6.45, 7) is 21.3. The van der Waals surface area contributed by atoms with E-state index in [1.54, 1.807) is 0 Å². The maximum absolute atomic E-state index is 11.5. The molecule has 0 amide bonds. The molecule has 8 aliphatic rings. The number of unbranched alkanes of at least 4 members (excludes halogenated alkanes) is 6. The van der Waals surface area contributed by atoms with E-state index >= 15 is 0 Å². The lowest BCUT2D eigenvalue weighted by atomic mass is 9.84. The van der Waals surface area contributed by atoms with Gasteiger partial charge in [-0.1, -0.05) is 131 Å². The molecule has 0 bridgehead atoms. The van der Waals surface area contributed by atoms with E-state index in [-0.39, 0.29) is 0 Å². The van der Waals surface area contributed by atoms with Gasteiger partial charge < -0.3 is 153 Å². The minimum atomic E-state index is -1.77. The van der Waals surface area contributed by atoms with Gasteiger partial charge in [-0.05, 0) is 171 Å². The Hall–Kier alpha value is -6.88.